The second-order valence-electron chi connectivity index (χ2n) is 5.80. The van der Waals surface area contributed by atoms with Gasteiger partial charge in [-0.1, -0.05) is 30.3 Å². The molecule has 0 atom stereocenters. The molecule has 2 nitrogen and oxygen atoms in total. The molecule has 0 unspecified atom stereocenters. The number of hydrogen-bond donors (Lipinski definition) is 1. The Hall–Kier alpha value is -1.80. The highest BCUT2D eigenvalue weighted by Gasteiger charge is 2.07. The average molecular weight is 283 g/mol. The van der Waals surface area contributed by atoms with E-state index in [0.29, 0.717) is 13.2 Å². The lowest BCUT2D eigenvalue weighted by Crippen LogP contribution is -2.05. The van der Waals surface area contributed by atoms with E-state index >= 15 is 0 Å². The Kier molecular flexibility index (Phi) is 5.03. The molecule has 0 bridgehead atoms. The van der Waals surface area contributed by atoms with Crippen LogP contribution in [0.5, 0.6) is 5.75 Å². The summed E-state index contributed by atoms with van der Waals surface area (Å²) in [7, 11) is 0. The number of hydrogen-bond acceptors (Lipinski definition) is 2. The fourth-order valence-electron chi connectivity index (χ4n) is 2.63. The van der Waals surface area contributed by atoms with E-state index in [9.17, 15) is 0 Å². The number of nitrogens with two attached hydrogens (primary N) is 1. The zero-order valence-electron chi connectivity index (χ0n) is 13.5. The average Bonchev–Trinajstić information content (AvgIpc) is 2.42. The van der Waals surface area contributed by atoms with Crippen molar-refractivity contribution in [2.24, 2.45) is 5.73 Å². The Labute approximate surface area is 127 Å². The van der Waals surface area contributed by atoms with Gasteiger partial charge >= 0.3 is 0 Å². The van der Waals surface area contributed by atoms with Crippen molar-refractivity contribution in [1.29, 1.82) is 0 Å². The van der Waals surface area contributed by atoms with Crippen LogP contribution in [0.3, 0.4) is 0 Å². The minimum Gasteiger partial charge on any atom is -0.488 e. The summed E-state index contributed by atoms with van der Waals surface area (Å²) in [5.41, 5.74) is 13.1. The lowest BCUT2D eigenvalue weighted by atomic mass is 10.0. The van der Waals surface area contributed by atoms with Gasteiger partial charge in [-0.25, -0.2) is 0 Å². The van der Waals surface area contributed by atoms with Gasteiger partial charge in [-0.3, -0.25) is 0 Å². The number of benzene rings is 2. The van der Waals surface area contributed by atoms with Gasteiger partial charge in [0.2, 0.25) is 0 Å². The fourth-order valence-corrected chi connectivity index (χ4v) is 2.63. The third kappa shape index (κ3) is 3.85. The summed E-state index contributed by atoms with van der Waals surface area (Å²) in [6, 6.07) is 10.8. The van der Waals surface area contributed by atoms with E-state index in [1.165, 1.54) is 33.4 Å². The van der Waals surface area contributed by atoms with Gasteiger partial charge in [0.15, 0.2) is 0 Å². The van der Waals surface area contributed by atoms with Gasteiger partial charge in [-0.05, 0) is 74.0 Å². The molecule has 2 heteroatoms. The van der Waals surface area contributed by atoms with E-state index in [-0.39, 0.29) is 0 Å². The smallest absolute Gasteiger partial charge is 0.125 e. The molecule has 0 radical (unpaired) electrons. The molecule has 0 heterocycles. The molecule has 0 saturated heterocycles. The van der Waals surface area contributed by atoms with Crippen LogP contribution < -0.4 is 10.5 Å². The van der Waals surface area contributed by atoms with Crippen LogP contribution in [0.1, 0.15) is 33.4 Å². The first-order valence-corrected chi connectivity index (χ1v) is 7.50. The van der Waals surface area contributed by atoms with Crippen LogP contribution in [0, 0.1) is 27.7 Å². The molecule has 0 amide bonds. The normalized spacial score (nSPS) is 10.7. The van der Waals surface area contributed by atoms with E-state index < -0.39 is 0 Å². The third-order valence-electron chi connectivity index (χ3n) is 3.91. The second-order valence-corrected chi connectivity index (χ2v) is 5.80. The van der Waals surface area contributed by atoms with Crippen molar-refractivity contribution in [1.82, 2.24) is 0 Å². The molecule has 0 aromatic heterocycles. The van der Waals surface area contributed by atoms with Gasteiger partial charge in [0, 0.05) is 0 Å². The van der Waals surface area contributed by atoms with Crippen LogP contribution in [0.25, 0.3) is 0 Å². The molecule has 112 valence electrons. The molecule has 2 rings (SSSR count). The molecule has 0 aliphatic heterocycles. The van der Waals surface area contributed by atoms with Crippen LogP contribution in [-0.4, -0.2) is 6.54 Å². The zero-order valence-corrected chi connectivity index (χ0v) is 13.5. The summed E-state index contributed by atoms with van der Waals surface area (Å²) >= 11 is 0. The maximum atomic E-state index is 6.05. The van der Waals surface area contributed by atoms with E-state index in [0.717, 1.165) is 12.2 Å². The largest absolute Gasteiger partial charge is 0.488 e. The Bertz CT molecular complexity index is 608. The first kappa shape index (κ1) is 15.6. The van der Waals surface area contributed by atoms with Crippen molar-refractivity contribution in [3.63, 3.8) is 0 Å². The summed E-state index contributed by atoms with van der Waals surface area (Å²) < 4.78 is 6.05. The predicted octanol–water partition coefficient (Wildman–Crippen LogP) is 4.00. The summed E-state index contributed by atoms with van der Waals surface area (Å²) in [6.07, 6.45) is 0.916. The SMILES string of the molecule is Cc1ccc(COc2c(C)cc(CCN)cc2C)cc1C. The Morgan fingerprint density at radius 3 is 2.00 bits per heavy atom. The highest BCUT2D eigenvalue weighted by atomic mass is 16.5. The molecular weight excluding hydrogens is 258 g/mol. The summed E-state index contributed by atoms with van der Waals surface area (Å²) in [4.78, 5) is 0. The van der Waals surface area contributed by atoms with Crippen molar-refractivity contribution in [3.8, 4) is 5.75 Å². The van der Waals surface area contributed by atoms with Gasteiger partial charge in [-0.2, -0.15) is 0 Å². The quantitative estimate of drug-likeness (QED) is 0.900. The monoisotopic (exact) mass is 283 g/mol. The van der Waals surface area contributed by atoms with Crippen molar-refractivity contribution in [2.75, 3.05) is 6.54 Å². The molecule has 2 aromatic rings. The number of rotatable bonds is 5. The van der Waals surface area contributed by atoms with Crippen molar-refractivity contribution >= 4 is 0 Å². The van der Waals surface area contributed by atoms with Crippen LogP contribution in [0.2, 0.25) is 0 Å². The van der Waals surface area contributed by atoms with Crippen LogP contribution in [-0.2, 0) is 13.0 Å². The second kappa shape index (κ2) is 6.77. The standard InChI is InChI=1S/C19H25NO/c1-13-5-6-18(9-14(13)2)12-21-19-15(3)10-17(7-8-20)11-16(19)4/h5-6,9-11H,7-8,12,20H2,1-4H3. The number of aryl methyl sites for hydroxylation is 4. The summed E-state index contributed by atoms with van der Waals surface area (Å²) in [5.74, 6) is 0.994. The van der Waals surface area contributed by atoms with Gasteiger partial charge in [0.25, 0.3) is 0 Å². The zero-order chi connectivity index (χ0) is 15.4. The highest BCUT2D eigenvalue weighted by Crippen LogP contribution is 2.26. The van der Waals surface area contributed by atoms with Crippen LogP contribution >= 0.6 is 0 Å². The molecule has 21 heavy (non-hydrogen) atoms. The molecule has 0 saturated carbocycles. The van der Waals surface area contributed by atoms with Gasteiger partial charge in [0.05, 0.1) is 0 Å². The molecule has 2 aromatic carbocycles. The molecule has 0 aliphatic carbocycles. The van der Waals surface area contributed by atoms with E-state index in [1.54, 1.807) is 0 Å². The first-order chi connectivity index (χ1) is 10.0. The summed E-state index contributed by atoms with van der Waals surface area (Å²) in [6.45, 7) is 9.76. The maximum absolute atomic E-state index is 6.05. The van der Waals surface area contributed by atoms with E-state index in [4.69, 9.17) is 10.5 Å². The van der Waals surface area contributed by atoms with Gasteiger partial charge in [-0.15, -0.1) is 0 Å². The molecular formula is C19H25NO. The van der Waals surface area contributed by atoms with E-state index in [2.05, 4.69) is 58.0 Å². The van der Waals surface area contributed by atoms with Gasteiger partial charge in [0.1, 0.15) is 12.4 Å². The Balaban J connectivity index is 2.14. The van der Waals surface area contributed by atoms with Gasteiger partial charge < -0.3 is 10.5 Å². The topological polar surface area (TPSA) is 35.2 Å². The lowest BCUT2D eigenvalue weighted by molar-refractivity contribution is 0.302. The number of ether oxygens (including phenoxy) is 1. The Morgan fingerprint density at radius 2 is 1.43 bits per heavy atom. The summed E-state index contributed by atoms with van der Waals surface area (Å²) in [5, 5.41) is 0. The fraction of sp³-hybridized carbons (Fsp3) is 0.368. The van der Waals surface area contributed by atoms with Crippen LogP contribution in [0.15, 0.2) is 30.3 Å². The highest BCUT2D eigenvalue weighted by molar-refractivity contribution is 5.43. The Morgan fingerprint density at radius 1 is 0.810 bits per heavy atom. The van der Waals surface area contributed by atoms with Crippen molar-refractivity contribution < 1.29 is 4.74 Å². The lowest BCUT2D eigenvalue weighted by Gasteiger charge is -2.14. The molecule has 0 spiro atoms. The molecule has 2 N–H and O–H groups in total. The maximum Gasteiger partial charge on any atom is 0.125 e. The predicted molar refractivity (Wildman–Crippen MR) is 88.9 cm³/mol. The van der Waals surface area contributed by atoms with Crippen molar-refractivity contribution in [2.45, 2.75) is 40.7 Å². The van der Waals surface area contributed by atoms with E-state index in [1.807, 2.05) is 0 Å². The third-order valence-corrected chi connectivity index (χ3v) is 3.91. The molecule has 0 fully saturated rings. The minimum atomic E-state index is 0.610. The van der Waals surface area contributed by atoms with Crippen molar-refractivity contribution in [3.05, 3.63) is 63.7 Å². The molecule has 0 aliphatic rings. The minimum absolute atomic E-state index is 0.610. The van der Waals surface area contributed by atoms with Crippen LogP contribution in [0.4, 0.5) is 0 Å². The first-order valence-electron chi connectivity index (χ1n) is 7.50.